The van der Waals surface area contributed by atoms with Gasteiger partial charge in [0.05, 0.1) is 31.8 Å². The van der Waals surface area contributed by atoms with Crippen molar-refractivity contribution in [3.63, 3.8) is 0 Å². The molecule has 0 radical (unpaired) electrons. The van der Waals surface area contributed by atoms with Crippen LogP contribution < -0.4 is 9.64 Å². The number of aromatic nitrogens is 1. The minimum atomic E-state index is -0.892. The summed E-state index contributed by atoms with van der Waals surface area (Å²) in [5.41, 5.74) is 2.85. The Balaban J connectivity index is 1.80. The molecule has 1 aliphatic rings. The van der Waals surface area contributed by atoms with Gasteiger partial charge in [-0.2, -0.15) is 0 Å². The number of aliphatic hydroxyl groups is 1. The van der Waals surface area contributed by atoms with Crippen LogP contribution in [0.2, 0.25) is 0 Å². The van der Waals surface area contributed by atoms with Crippen molar-refractivity contribution in [2.45, 2.75) is 26.3 Å². The lowest BCUT2D eigenvalue weighted by Gasteiger charge is -2.25. The maximum Gasteiger partial charge on any atom is 0.310 e. The number of benzene rings is 2. The highest BCUT2D eigenvalue weighted by Crippen LogP contribution is 2.42. The number of carbonyl (C=O) groups is 3. The van der Waals surface area contributed by atoms with Gasteiger partial charge in [-0.1, -0.05) is 18.2 Å². The number of pyridine rings is 1. The van der Waals surface area contributed by atoms with Crippen LogP contribution in [0.3, 0.4) is 0 Å². The number of aryl methyl sites for hydroxylation is 1. The summed E-state index contributed by atoms with van der Waals surface area (Å²) in [6.45, 7) is 3.86. The van der Waals surface area contributed by atoms with E-state index in [0.717, 1.165) is 5.56 Å². The maximum absolute atomic E-state index is 13.3. The third kappa shape index (κ3) is 4.70. The molecule has 1 amide bonds. The number of aliphatic hydroxyl groups excluding tert-OH is 1. The monoisotopic (exact) mass is 486 g/mol. The molecule has 1 fully saturated rings. The number of ether oxygens (including phenoxy) is 2. The predicted molar refractivity (Wildman–Crippen MR) is 134 cm³/mol. The second-order valence-corrected chi connectivity index (χ2v) is 8.29. The lowest BCUT2D eigenvalue weighted by atomic mass is 9.95. The molecule has 3 aromatic rings. The molecular formula is C28H26N2O6. The molecular weight excluding hydrogens is 460 g/mol. The van der Waals surface area contributed by atoms with Crippen molar-refractivity contribution in [1.29, 1.82) is 0 Å². The molecule has 0 bridgehead atoms. The molecule has 1 aliphatic heterocycles. The van der Waals surface area contributed by atoms with Gasteiger partial charge >= 0.3 is 5.97 Å². The number of Topliss-reactive ketones (excluding diaryl/α,β-unsaturated/α-hetero) is 1. The summed E-state index contributed by atoms with van der Waals surface area (Å²) in [6, 6.07) is 14.3. The molecule has 4 rings (SSSR count). The van der Waals surface area contributed by atoms with Crippen LogP contribution in [-0.2, 0) is 25.5 Å². The highest BCUT2D eigenvalue weighted by molar-refractivity contribution is 6.51. The van der Waals surface area contributed by atoms with E-state index < -0.39 is 17.7 Å². The molecule has 1 atom stereocenters. The first-order chi connectivity index (χ1) is 17.3. The lowest BCUT2D eigenvalue weighted by Crippen LogP contribution is -2.29. The van der Waals surface area contributed by atoms with E-state index in [1.807, 2.05) is 6.92 Å². The molecule has 1 saturated heterocycles. The number of anilines is 1. The third-order valence-corrected chi connectivity index (χ3v) is 5.98. The number of esters is 1. The summed E-state index contributed by atoms with van der Waals surface area (Å²) in [5.74, 6) is -1.57. The first kappa shape index (κ1) is 24.7. The van der Waals surface area contributed by atoms with Gasteiger partial charge in [0.15, 0.2) is 0 Å². The van der Waals surface area contributed by atoms with Gasteiger partial charge in [-0.05, 0) is 66.9 Å². The summed E-state index contributed by atoms with van der Waals surface area (Å²) in [4.78, 5) is 43.9. The minimum Gasteiger partial charge on any atom is -0.507 e. The van der Waals surface area contributed by atoms with Crippen LogP contribution in [0.5, 0.6) is 5.75 Å². The molecule has 184 valence electrons. The third-order valence-electron chi connectivity index (χ3n) is 5.98. The van der Waals surface area contributed by atoms with Crippen LogP contribution >= 0.6 is 0 Å². The summed E-state index contributed by atoms with van der Waals surface area (Å²) >= 11 is 0. The minimum absolute atomic E-state index is 0.0341. The number of amides is 1. The van der Waals surface area contributed by atoms with Gasteiger partial charge in [0.2, 0.25) is 0 Å². The van der Waals surface area contributed by atoms with E-state index in [-0.39, 0.29) is 23.7 Å². The number of nitrogens with zero attached hydrogens (tertiary/aromatic N) is 2. The SMILES string of the molecule is CCOC(=O)Cc1ccc(N2C(=O)C(=O)/C(=C(\O)c3ccc(OC)c(C)c3)C2c2cccnc2)cc1. The quantitative estimate of drug-likeness (QED) is 0.232. The lowest BCUT2D eigenvalue weighted by molar-refractivity contribution is -0.142. The van der Waals surface area contributed by atoms with Crippen LogP contribution in [0, 0.1) is 6.92 Å². The fourth-order valence-electron chi connectivity index (χ4n) is 4.29. The fraction of sp³-hybridized carbons (Fsp3) is 0.214. The Bertz CT molecular complexity index is 1330. The molecule has 2 aromatic carbocycles. The first-order valence-electron chi connectivity index (χ1n) is 11.5. The molecule has 36 heavy (non-hydrogen) atoms. The Morgan fingerprint density at radius 3 is 2.47 bits per heavy atom. The standard InChI is InChI=1S/C28H26N2O6/c1-4-36-23(31)15-18-7-10-21(11-8-18)30-25(20-6-5-13-29-16-20)24(27(33)28(30)34)26(32)19-9-12-22(35-3)17(2)14-19/h5-14,16,25,32H,4,15H2,1-3H3/b26-24-. The first-order valence-corrected chi connectivity index (χ1v) is 11.5. The Morgan fingerprint density at radius 1 is 1.11 bits per heavy atom. The van der Waals surface area contributed by atoms with Gasteiger partial charge in [0.1, 0.15) is 11.5 Å². The van der Waals surface area contributed by atoms with Crippen LogP contribution in [0.4, 0.5) is 5.69 Å². The molecule has 1 unspecified atom stereocenters. The zero-order valence-corrected chi connectivity index (χ0v) is 20.2. The Morgan fingerprint density at radius 2 is 1.86 bits per heavy atom. The van der Waals surface area contributed by atoms with Gasteiger partial charge in [0, 0.05) is 23.6 Å². The van der Waals surface area contributed by atoms with E-state index in [1.165, 1.54) is 4.90 Å². The van der Waals surface area contributed by atoms with Crippen LogP contribution in [0.15, 0.2) is 72.6 Å². The molecule has 0 aliphatic carbocycles. The number of hydrogen-bond donors (Lipinski definition) is 1. The largest absolute Gasteiger partial charge is 0.507 e. The summed E-state index contributed by atoms with van der Waals surface area (Å²) in [7, 11) is 1.55. The van der Waals surface area contributed by atoms with Gasteiger partial charge < -0.3 is 14.6 Å². The van der Waals surface area contributed by atoms with Crippen molar-refractivity contribution in [2.75, 3.05) is 18.6 Å². The highest BCUT2D eigenvalue weighted by Gasteiger charge is 2.47. The Labute approximate surface area is 208 Å². The topological polar surface area (TPSA) is 106 Å². The van der Waals surface area contributed by atoms with Gasteiger partial charge in [0.25, 0.3) is 11.7 Å². The van der Waals surface area contributed by atoms with Crippen molar-refractivity contribution in [3.05, 3.63) is 94.8 Å². The molecule has 8 heteroatoms. The normalized spacial score (nSPS) is 16.8. The van der Waals surface area contributed by atoms with Gasteiger partial charge in [-0.15, -0.1) is 0 Å². The summed E-state index contributed by atoms with van der Waals surface area (Å²) in [5, 5.41) is 11.3. The van der Waals surface area contributed by atoms with Gasteiger partial charge in [-0.25, -0.2) is 0 Å². The van der Waals surface area contributed by atoms with Crippen LogP contribution in [0.1, 0.15) is 35.2 Å². The molecule has 0 saturated carbocycles. The second-order valence-electron chi connectivity index (χ2n) is 8.29. The van der Waals surface area contributed by atoms with E-state index in [2.05, 4.69) is 4.98 Å². The van der Waals surface area contributed by atoms with E-state index in [0.29, 0.717) is 34.7 Å². The highest BCUT2D eigenvalue weighted by atomic mass is 16.5. The van der Waals surface area contributed by atoms with Crippen LogP contribution in [-0.4, -0.2) is 41.5 Å². The number of carbonyl (C=O) groups excluding carboxylic acids is 3. The predicted octanol–water partition coefficient (Wildman–Crippen LogP) is 4.13. The molecule has 1 aromatic heterocycles. The molecule has 1 N–H and O–H groups in total. The van der Waals surface area contributed by atoms with Gasteiger partial charge in [-0.3, -0.25) is 24.3 Å². The smallest absolute Gasteiger partial charge is 0.310 e. The molecule has 0 spiro atoms. The summed E-state index contributed by atoms with van der Waals surface area (Å²) < 4.78 is 10.3. The number of rotatable bonds is 7. The number of ketones is 1. The average Bonchev–Trinajstić information content (AvgIpc) is 3.15. The van der Waals surface area contributed by atoms with Crippen molar-refractivity contribution < 1.29 is 29.0 Å². The van der Waals surface area contributed by atoms with E-state index >= 15 is 0 Å². The van der Waals surface area contributed by atoms with Crippen molar-refractivity contribution >= 4 is 29.1 Å². The van der Waals surface area contributed by atoms with Crippen LogP contribution in [0.25, 0.3) is 5.76 Å². The number of hydrogen-bond acceptors (Lipinski definition) is 7. The molecule has 8 nitrogen and oxygen atoms in total. The zero-order chi connectivity index (χ0) is 25.8. The maximum atomic E-state index is 13.3. The fourth-order valence-corrected chi connectivity index (χ4v) is 4.29. The van der Waals surface area contributed by atoms with E-state index in [9.17, 15) is 19.5 Å². The number of methoxy groups -OCH3 is 1. The zero-order valence-electron chi connectivity index (χ0n) is 20.2. The summed E-state index contributed by atoms with van der Waals surface area (Å²) in [6.07, 6.45) is 3.24. The van der Waals surface area contributed by atoms with Crippen molar-refractivity contribution in [2.24, 2.45) is 0 Å². The van der Waals surface area contributed by atoms with Crippen molar-refractivity contribution in [3.8, 4) is 5.75 Å². The average molecular weight is 487 g/mol. The Kier molecular flexibility index (Phi) is 7.15. The van der Waals surface area contributed by atoms with E-state index in [1.54, 1.807) is 81.0 Å². The second kappa shape index (κ2) is 10.4. The van der Waals surface area contributed by atoms with E-state index in [4.69, 9.17) is 9.47 Å². The molecule has 2 heterocycles. The Hall–Kier alpha value is -4.46. The van der Waals surface area contributed by atoms with Crippen molar-refractivity contribution in [1.82, 2.24) is 4.98 Å².